The molecule has 1 spiro atoms. The number of piperidine rings is 2. The van der Waals surface area contributed by atoms with Gasteiger partial charge < -0.3 is 4.90 Å². The Labute approximate surface area is 263 Å². The summed E-state index contributed by atoms with van der Waals surface area (Å²) >= 11 is 8.53. The van der Waals surface area contributed by atoms with Gasteiger partial charge in [0.25, 0.3) is 0 Å². The number of para-hydroxylation sites is 1. The second-order valence-electron chi connectivity index (χ2n) is 11.9. The van der Waals surface area contributed by atoms with Gasteiger partial charge in [-0.15, -0.1) is 0 Å². The molecule has 0 unspecified atom stereocenters. The van der Waals surface area contributed by atoms with Crippen molar-refractivity contribution in [1.82, 2.24) is 14.9 Å². The van der Waals surface area contributed by atoms with Crippen LogP contribution in [0.5, 0.6) is 5.75 Å². The van der Waals surface area contributed by atoms with Crippen molar-refractivity contribution in [2.75, 3.05) is 69.2 Å². The molecule has 0 aliphatic carbocycles. The number of benzene rings is 2. The summed E-state index contributed by atoms with van der Waals surface area (Å²) < 4.78 is 11.7. The first kappa shape index (κ1) is 30.5. The van der Waals surface area contributed by atoms with Crippen molar-refractivity contribution >= 4 is 76.2 Å². The van der Waals surface area contributed by atoms with Crippen molar-refractivity contribution in [3.05, 3.63) is 53.2 Å². The number of likely N-dealkylation sites (tertiary alicyclic amines) is 1. The van der Waals surface area contributed by atoms with Crippen LogP contribution in [0.15, 0.2) is 42.6 Å². The first-order valence-corrected chi connectivity index (χ1v) is 18.4. The van der Waals surface area contributed by atoms with E-state index < -0.39 is 7.49 Å². The van der Waals surface area contributed by atoms with Crippen LogP contribution in [-0.2, 0) is 2.85 Å². The Morgan fingerprint density at radius 3 is 2.37 bits per heavy atom. The number of rotatable bonds is 8. The molecule has 2 fully saturated rings. The van der Waals surface area contributed by atoms with Crippen LogP contribution >= 0.6 is 42.1 Å². The number of aryl methyl sites for hydroxylation is 1. The molecule has 5 rings (SSSR count). The van der Waals surface area contributed by atoms with Gasteiger partial charge in [-0.1, -0.05) is 0 Å². The maximum atomic E-state index is 6.53. The van der Waals surface area contributed by atoms with Crippen molar-refractivity contribution in [3.63, 3.8) is 0 Å². The van der Waals surface area contributed by atoms with Gasteiger partial charge in [0.15, 0.2) is 0 Å². The van der Waals surface area contributed by atoms with Gasteiger partial charge in [0.2, 0.25) is 0 Å². The van der Waals surface area contributed by atoms with E-state index in [9.17, 15) is 0 Å². The average molecular weight is 711 g/mol. The predicted octanol–water partition coefficient (Wildman–Crippen LogP) is 7.16. The molecule has 0 bridgehead atoms. The topological polar surface area (TPSA) is 74.8 Å². The van der Waals surface area contributed by atoms with Gasteiger partial charge in [-0.3, -0.25) is 0 Å². The standard InChI is InChI=1S/C30H41ClIN6O2P/c1-21-18-24(26(39-3)19-25(21)38-16-12-30(13-17-38)10-14-37(2)15-11-30)35-29-33-20-22(31)28(36-29)34-23-8-6-7-9-27(23)41(4,5)40-32/h6-9,18-20,41H,10-17H2,1-5H3,(H2,33,34,35,36). The third kappa shape index (κ3) is 6.85. The number of anilines is 5. The molecular formula is C30H41ClIN6O2P. The van der Waals surface area contributed by atoms with Crippen LogP contribution in [0.1, 0.15) is 31.2 Å². The van der Waals surface area contributed by atoms with E-state index in [0.29, 0.717) is 22.2 Å². The number of methoxy groups -OCH3 is 1. The fourth-order valence-electron chi connectivity index (χ4n) is 6.02. The molecule has 2 aliphatic rings. The molecule has 2 saturated heterocycles. The molecular weight excluding hydrogens is 670 g/mol. The van der Waals surface area contributed by atoms with Crippen molar-refractivity contribution in [3.8, 4) is 5.75 Å². The molecule has 3 aromatic rings. The number of nitrogens with one attached hydrogen (secondary N) is 2. The molecule has 222 valence electrons. The van der Waals surface area contributed by atoms with E-state index in [0.717, 1.165) is 35.5 Å². The third-order valence-electron chi connectivity index (χ3n) is 8.74. The zero-order chi connectivity index (χ0) is 29.2. The van der Waals surface area contributed by atoms with Gasteiger partial charge in [-0.2, -0.15) is 0 Å². The third-order valence-corrected chi connectivity index (χ3v) is 14.4. The molecule has 41 heavy (non-hydrogen) atoms. The second-order valence-corrected chi connectivity index (χ2v) is 17.3. The molecule has 0 atom stereocenters. The average Bonchev–Trinajstić information content (AvgIpc) is 2.97. The van der Waals surface area contributed by atoms with Crippen LogP contribution in [0.4, 0.5) is 28.8 Å². The Bertz CT molecular complexity index is 1380. The van der Waals surface area contributed by atoms with Crippen molar-refractivity contribution in [2.24, 2.45) is 5.41 Å². The predicted molar refractivity (Wildman–Crippen MR) is 183 cm³/mol. The van der Waals surface area contributed by atoms with Gasteiger partial charge >= 0.3 is 196 Å². The summed E-state index contributed by atoms with van der Waals surface area (Å²) in [5.74, 6) is 1.72. The second kappa shape index (κ2) is 12.8. The van der Waals surface area contributed by atoms with Gasteiger partial charge in [0.05, 0.1) is 0 Å². The van der Waals surface area contributed by atoms with E-state index in [1.807, 2.05) is 41.2 Å². The van der Waals surface area contributed by atoms with Crippen LogP contribution in [-0.4, -0.2) is 68.5 Å². The fourth-order valence-corrected chi connectivity index (χ4v) is 8.25. The molecule has 2 N–H and O–H groups in total. The molecule has 2 aromatic carbocycles. The minimum atomic E-state index is -2.10. The number of nitrogens with zero attached hydrogens (tertiary/aromatic N) is 4. The Morgan fingerprint density at radius 1 is 1.00 bits per heavy atom. The molecule has 11 heteroatoms. The summed E-state index contributed by atoms with van der Waals surface area (Å²) in [5.41, 5.74) is 4.68. The number of aromatic nitrogens is 2. The zero-order valence-electron chi connectivity index (χ0n) is 24.6. The van der Waals surface area contributed by atoms with E-state index in [2.05, 4.69) is 70.9 Å². The maximum absolute atomic E-state index is 6.53. The minimum absolute atomic E-state index is 0.434. The fraction of sp³-hybridized carbons (Fsp3) is 0.467. The first-order chi connectivity index (χ1) is 19.6. The van der Waals surface area contributed by atoms with Gasteiger partial charge in [-0.25, -0.2) is 0 Å². The van der Waals surface area contributed by atoms with E-state index in [1.54, 1.807) is 13.3 Å². The summed E-state index contributed by atoms with van der Waals surface area (Å²) in [4.78, 5) is 14.2. The Morgan fingerprint density at radius 2 is 1.68 bits per heavy atom. The van der Waals surface area contributed by atoms with E-state index in [4.69, 9.17) is 24.2 Å². The van der Waals surface area contributed by atoms with Crippen molar-refractivity contribution in [1.29, 1.82) is 0 Å². The van der Waals surface area contributed by atoms with Crippen molar-refractivity contribution < 1.29 is 7.59 Å². The van der Waals surface area contributed by atoms with Gasteiger partial charge in [0.1, 0.15) is 0 Å². The summed E-state index contributed by atoms with van der Waals surface area (Å²) in [7, 11) is 1.85. The normalized spacial score (nSPS) is 17.9. The summed E-state index contributed by atoms with van der Waals surface area (Å²) in [6.07, 6.45) is 6.75. The number of halogens is 2. The van der Waals surface area contributed by atoms with Crippen LogP contribution < -0.4 is 25.6 Å². The Balaban J connectivity index is 1.34. The molecule has 3 heterocycles. The van der Waals surface area contributed by atoms with Crippen LogP contribution in [0.3, 0.4) is 0 Å². The Hall–Kier alpha value is -1.91. The number of hydrogen-bond acceptors (Lipinski definition) is 8. The number of ether oxygens (including phenoxy) is 1. The number of hydrogen-bond donors (Lipinski definition) is 2. The van der Waals surface area contributed by atoms with Crippen molar-refractivity contribution in [2.45, 2.75) is 32.6 Å². The van der Waals surface area contributed by atoms with Crippen LogP contribution in [0, 0.1) is 12.3 Å². The quantitative estimate of drug-likeness (QED) is 0.189. The summed E-state index contributed by atoms with van der Waals surface area (Å²) in [5, 5.41) is 8.35. The summed E-state index contributed by atoms with van der Waals surface area (Å²) in [6.45, 7) is 11.1. The van der Waals surface area contributed by atoms with E-state index in [1.165, 1.54) is 50.0 Å². The van der Waals surface area contributed by atoms with Gasteiger partial charge in [-0.05, 0) is 51.2 Å². The first-order valence-electron chi connectivity index (χ1n) is 14.2. The SMILES string of the molecule is COc1cc(N2CCC3(CCN(C)CC3)CC2)c(C)cc1Nc1ncc(Cl)c(Nc2ccccc2[PH](C)(C)OI)n1. The molecule has 0 radical (unpaired) electrons. The zero-order valence-corrected chi connectivity index (χ0v) is 28.5. The summed E-state index contributed by atoms with van der Waals surface area (Å²) in [6, 6.07) is 12.4. The van der Waals surface area contributed by atoms with E-state index >= 15 is 0 Å². The monoisotopic (exact) mass is 710 g/mol. The molecule has 2 aliphatic heterocycles. The van der Waals surface area contributed by atoms with Crippen LogP contribution in [0.2, 0.25) is 5.02 Å². The van der Waals surface area contributed by atoms with Gasteiger partial charge in [0, 0.05) is 13.1 Å². The molecule has 1 aromatic heterocycles. The Kier molecular flexibility index (Phi) is 9.50. The van der Waals surface area contributed by atoms with Crippen LogP contribution in [0.25, 0.3) is 0 Å². The molecule has 0 saturated carbocycles. The molecule has 8 nitrogen and oxygen atoms in total. The van der Waals surface area contributed by atoms with E-state index in [-0.39, 0.29) is 0 Å². The molecule has 0 amide bonds.